The van der Waals surface area contributed by atoms with Gasteiger partial charge in [-0.2, -0.15) is 5.10 Å². The van der Waals surface area contributed by atoms with E-state index < -0.39 is 0 Å². The second kappa shape index (κ2) is 7.05. The van der Waals surface area contributed by atoms with Gasteiger partial charge in [-0.15, -0.1) is 0 Å². The summed E-state index contributed by atoms with van der Waals surface area (Å²) < 4.78 is 2.01. The van der Waals surface area contributed by atoms with Crippen molar-refractivity contribution in [3.63, 3.8) is 0 Å². The van der Waals surface area contributed by atoms with E-state index in [-0.39, 0.29) is 0 Å². The predicted octanol–water partition coefficient (Wildman–Crippen LogP) is 1.36. The molecule has 2 fully saturated rings. The summed E-state index contributed by atoms with van der Waals surface area (Å²) in [6, 6.07) is 11.5. The molecule has 0 unspecified atom stereocenters. The minimum absolute atomic E-state index is 0.691. The van der Waals surface area contributed by atoms with Gasteiger partial charge < -0.3 is 4.90 Å². The Morgan fingerprint density at radius 1 is 0.958 bits per heavy atom. The maximum Gasteiger partial charge on any atom is 0.0662 e. The van der Waals surface area contributed by atoms with Crippen LogP contribution in [0.1, 0.15) is 11.1 Å². The highest BCUT2D eigenvalue weighted by Gasteiger charge is 2.30. The van der Waals surface area contributed by atoms with Crippen LogP contribution in [0.2, 0.25) is 0 Å². The number of hydrogen-bond acceptors (Lipinski definition) is 4. The summed E-state index contributed by atoms with van der Waals surface area (Å²) in [6.45, 7) is 9.11. The zero-order valence-electron chi connectivity index (χ0n) is 14.5. The molecule has 0 amide bonds. The molecule has 2 aliphatic rings. The predicted molar refractivity (Wildman–Crippen MR) is 95.9 cm³/mol. The van der Waals surface area contributed by atoms with Crippen LogP contribution < -0.4 is 0 Å². The second-order valence-electron chi connectivity index (χ2n) is 7.16. The van der Waals surface area contributed by atoms with E-state index in [1.807, 2.05) is 23.1 Å². The first kappa shape index (κ1) is 15.8. The number of hydrogen-bond donors (Lipinski definition) is 0. The summed E-state index contributed by atoms with van der Waals surface area (Å²) >= 11 is 0. The van der Waals surface area contributed by atoms with Gasteiger partial charge in [0.2, 0.25) is 0 Å². The minimum Gasteiger partial charge on any atom is -0.303 e. The monoisotopic (exact) mass is 325 g/mol. The Bertz CT molecular complexity index is 654. The summed E-state index contributed by atoms with van der Waals surface area (Å²) in [7, 11) is 2.25. The third kappa shape index (κ3) is 3.53. The van der Waals surface area contributed by atoms with Gasteiger partial charge in [-0.3, -0.25) is 14.5 Å². The summed E-state index contributed by atoms with van der Waals surface area (Å²) in [5.41, 5.74) is 2.81. The molecule has 0 aliphatic carbocycles. The van der Waals surface area contributed by atoms with Crippen molar-refractivity contribution in [1.29, 1.82) is 0 Å². The second-order valence-corrected chi connectivity index (χ2v) is 7.16. The molecule has 1 atom stereocenters. The van der Waals surface area contributed by atoms with Crippen molar-refractivity contribution < 1.29 is 0 Å². The van der Waals surface area contributed by atoms with Gasteiger partial charge in [-0.05, 0) is 24.2 Å². The molecule has 0 N–H and O–H groups in total. The maximum absolute atomic E-state index is 4.35. The molecule has 0 bridgehead atoms. The normalized spacial score (nSPS) is 23.3. The third-order valence-corrected chi connectivity index (χ3v) is 5.38. The van der Waals surface area contributed by atoms with Crippen LogP contribution in [-0.2, 0) is 13.1 Å². The molecule has 2 aliphatic heterocycles. The number of piperazine rings is 2. The third-order valence-electron chi connectivity index (χ3n) is 5.38. The Morgan fingerprint density at radius 2 is 1.75 bits per heavy atom. The fraction of sp³-hybridized carbons (Fsp3) is 0.526. The Kier molecular flexibility index (Phi) is 4.65. The fourth-order valence-electron chi connectivity index (χ4n) is 3.99. The van der Waals surface area contributed by atoms with Crippen molar-refractivity contribution in [1.82, 2.24) is 24.5 Å². The molecule has 2 aromatic rings. The SMILES string of the molecule is CN1CCN2CCN(Cc3ccccc3Cn3cccn3)C[C@H]2C1. The standard InChI is InChI=1S/C19H27N5/c1-21-9-11-23-12-10-22(16-19(23)15-21)13-17-5-2-3-6-18(17)14-24-8-4-7-20-24/h2-8,19H,9-16H2,1H3/t19-/m1/s1. The van der Waals surface area contributed by atoms with Gasteiger partial charge in [0.1, 0.15) is 0 Å². The van der Waals surface area contributed by atoms with Gasteiger partial charge in [0.15, 0.2) is 0 Å². The molecule has 0 saturated carbocycles. The number of nitrogens with zero attached hydrogens (tertiary/aromatic N) is 5. The van der Waals surface area contributed by atoms with E-state index in [1.54, 1.807) is 0 Å². The van der Waals surface area contributed by atoms with Gasteiger partial charge in [0, 0.05) is 64.2 Å². The lowest BCUT2D eigenvalue weighted by Gasteiger charge is -2.46. The summed E-state index contributed by atoms with van der Waals surface area (Å²) in [4.78, 5) is 7.77. The zero-order valence-corrected chi connectivity index (χ0v) is 14.5. The van der Waals surface area contributed by atoms with Gasteiger partial charge in [-0.25, -0.2) is 0 Å². The first-order valence-electron chi connectivity index (χ1n) is 8.97. The Hall–Kier alpha value is -1.69. The average Bonchev–Trinajstić information content (AvgIpc) is 3.09. The van der Waals surface area contributed by atoms with E-state index >= 15 is 0 Å². The van der Waals surface area contributed by atoms with Crippen LogP contribution in [0.3, 0.4) is 0 Å². The molecule has 5 nitrogen and oxygen atoms in total. The lowest BCUT2D eigenvalue weighted by atomic mass is 10.0. The zero-order chi connectivity index (χ0) is 16.4. The van der Waals surface area contributed by atoms with Gasteiger partial charge in [-0.1, -0.05) is 24.3 Å². The number of likely N-dealkylation sites (N-methyl/N-ethyl adjacent to an activating group) is 1. The first-order chi connectivity index (χ1) is 11.8. The largest absolute Gasteiger partial charge is 0.303 e. The number of rotatable bonds is 4. The number of aromatic nitrogens is 2. The molecule has 0 spiro atoms. The maximum atomic E-state index is 4.35. The van der Waals surface area contributed by atoms with E-state index in [2.05, 4.69) is 51.1 Å². The summed E-state index contributed by atoms with van der Waals surface area (Å²) in [5, 5.41) is 4.35. The highest BCUT2D eigenvalue weighted by Crippen LogP contribution is 2.19. The van der Waals surface area contributed by atoms with Crippen LogP contribution >= 0.6 is 0 Å². The Labute approximate surface area is 144 Å². The molecule has 0 radical (unpaired) electrons. The van der Waals surface area contributed by atoms with Gasteiger partial charge >= 0.3 is 0 Å². The molecule has 2 saturated heterocycles. The van der Waals surface area contributed by atoms with Crippen molar-refractivity contribution in [3.8, 4) is 0 Å². The van der Waals surface area contributed by atoms with E-state index in [0.29, 0.717) is 6.04 Å². The highest BCUT2D eigenvalue weighted by molar-refractivity contribution is 5.27. The van der Waals surface area contributed by atoms with E-state index in [0.717, 1.165) is 13.1 Å². The van der Waals surface area contributed by atoms with Crippen LogP contribution in [0.25, 0.3) is 0 Å². The first-order valence-corrected chi connectivity index (χ1v) is 8.97. The van der Waals surface area contributed by atoms with Crippen LogP contribution in [0.4, 0.5) is 0 Å². The molecular weight excluding hydrogens is 298 g/mol. The van der Waals surface area contributed by atoms with Crippen molar-refractivity contribution in [2.75, 3.05) is 46.3 Å². The molecule has 4 rings (SSSR count). The van der Waals surface area contributed by atoms with Crippen molar-refractivity contribution in [2.45, 2.75) is 19.1 Å². The topological polar surface area (TPSA) is 27.5 Å². The summed E-state index contributed by atoms with van der Waals surface area (Å²) in [5.74, 6) is 0. The molecule has 5 heteroatoms. The van der Waals surface area contributed by atoms with Crippen molar-refractivity contribution in [3.05, 3.63) is 53.9 Å². The number of fused-ring (bicyclic) bond motifs is 1. The van der Waals surface area contributed by atoms with E-state index in [9.17, 15) is 0 Å². The Balaban J connectivity index is 1.44. The molecule has 3 heterocycles. The number of benzene rings is 1. The summed E-state index contributed by atoms with van der Waals surface area (Å²) in [6.07, 6.45) is 3.88. The van der Waals surface area contributed by atoms with Gasteiger partial charge in [0.05, 0.1) is 6.54 Å². The van der Waals surface area contributed by atoms with Crippen LogP contribution in [-0.4, -0.2) is 76.8 Å². The fourth-order valence-corrected chi connectivity index (χ4v) is 3.99. The molecule has 1 aromatic heterocycles. The average molecular weight is 325 g/mol. The van der Waals surface area contributed by atoms with Crippen LogP contribution in [0.5, 0.6) is 0 Å². The van der Waals surface area contributed by atoms with Crippen LogP contribution in [0, 0.1) is 0 Å². The smallest absolute Gasteiger partial charge is 0.0662 e. The Morgan fingerprint density at radius 3 is 2.54 bits per heavy atom. The molecule has 1 aromatic carbocycles. The van der Waals surface area contributed by atoms with Crippen molar-refractivity contribution in [2.24, 2.45) is 0 Å². The van der Waals surface area contributed by atoms with Crippen molar-refractivity contribution >= 4 is 0 Å². The van der Waals surface area contributed by atoms with Gasteiger partial charge in [0.25, 0.3) is 0 Å². The van der Waals surface area contributed by atoms with E-state index in [1.165, 1.54) is 50.4 Å². The van der Waals surface area contributed by atoms with Crippen LogP contribution in [0.15, 0.2) is 42.7 Å². The molecular formula is C19H27N5. The lowest BCUT2D eigenvalue weighted by Crippen LogP contribution is -2.61. The molecule has 128 valence electrons. The quantitative estimate of drug-likeness (QED) is 0.848. The lowest BCUT2D eigenvalue weighted by molar-refractivity contribution is 0.0174. The molecule has 24 heavy (non-hydrogen) atoms. The minimum atomic E-state index is 0.691. The highest BCUT2D eigenvalue weighted by atomic mass is 15.3. The van der Waals surface area contributed by atoms with E-state index in [4.69, 9.17) is 0 Å².